The maximum absolute atomic E-state index is 13.8. The van der Waals surface area contributed by atoms with Crippen molar-refractivity contribution < 1.29 is 45.7 Å². The highest BCUT2D eigenvalue weighted by molar-refractivity contribution is 7.15. The number of hydrogen-bond acceptors (Lipinski definition) is 5. The van der Waals surface area contributed by atoms with E-state index in [0.29, 0.717) is 35.6 Å². The third kappa shape index (κ3) is 7.21. The number of carbonyl (C=O) groups is 1. The van der Waals surface area contributed by atoms with Crippen LogP contribution in [0, 0.1) is 0 Å². The van der Waals surface area contributed by atoms with Crippen LogP contribution in [0.25, 0.3) is 10.4 Å². The fraction of sp³-hybridized carbons (Fsp3) is 0.385. The molecule has 210 valence electrons. The molecule has 0 radical (unpaired) electrons. The first kappa shape index (κ1) is 28.7. The van der Waals surface area contributed by atoms with Gasteiger partial charge in [0.1, 0.15) is 10.8 Å². The van der Waals surface area contributed by atoms with Crippen LogP contribution in [-0.4, -0.2) is 40.8 Å². The van der Waals surface area contributed by atoms with Crippen LogP contribution in [0.5, 0.6) is 5.75 Å². The molecule has 1 saturated heterocycles. The molecule has 1 N–H and O–H groups in total. The number of ether oxygens (including phenoxy) is 2. The number of aryl methyl sites for hydroxylation is 1. The Labute approximate surface area is 223 Å². The molecule has 1 aliphatic rings. The van der Waals surface area contributed by atoms with Gasteiger partial charge in [0.15, 0.2) is 6.23 Å². The number of aromatic nitrogens is 1. The average Bonchev–Trinajstić information content (AvgIpc) is 3.55. The first-order valence-electron chi connectivity index (χ1n) is 12.0. The summed E-state index contributed by atoms with van der Waals surface area (Å²) in [5.41, 5.74) is -0.645. The van der Waals surface area contributed by atoms with E-state index >= 15 is 0 Å². The summed E-state index contributed by atoms with van der Waals surface area (Å²) in [7, 11) is 0. The zero-order valence-corrected chi connectivity index (χ0v) is 21.2. The highest BCUT2D eigenvalue weighted by Gasteiger charge is 2.36. The van der Waals surface area contributed by atoms with Gasteiger partial charge in [-0.1, -0.05) is 12.1 Å². The summed E-state index contributed by atoms with van der Waals surface area (Å²) >= 11 is 1.05. The SMILES string of the molecule is O=C(O)N1CCOC1c1ncc(-c2ccc(OCCCCCc3ccc(C(F)(F)F)cc3)c(C(F)(F)F)c2)s1. The van der Waals surface area contributed by atoms with Crippen LogP contribution < -0.4 is 4.74 Å². The van der Waals surface area contributed by atoms with Crippen molar-refractivity contribution in [3.63, 3.8) is 0 Å². The van der Waals surface area contributed by atoms with Gasteiger partial charge in [-0.3, -0.25) is 4.90 Å². The van der Waals surface area contributed by atoms with Gasteiger partial charge >= 0.3 is 18.4 Å². The molecule has 0 saturated carbocycles. The lowest BCUT2D eigenvalue weighted by Crippen LogP contribution is -2.29. The number of benzene rings is 2. The summed E-state index contributed by atoms with van der Waals surface area (Å²) in [5.74, 6) is -0.310. The van der Waals surface area contributed by atoms with Crippen molar-refractivity contribution in [2.24, 2.45) is 0 Å². The first-order chi connectivity index (χ1) is 18.4. The van der Waals surface area contributed by atoms with Gasteiger partial charge in [0.05, 0.1) is 35.8 Å². The molecule has 4 rings (SSSR count). The topological polar surface area (TPSA) is 71.9 Å². The normalized spacial score (nSPS) is 16.1. The fourth-order valence-electron chi connectivity index (χ4n) is 4.09. The van der Waals surface area contributed by atoms with E-state index in [4.69, 9.17) is 9.47 Å². The van der Waals surface area contributed by atoms with Crippen molar-refractivity contribution in [1.29, 1.82) is 0 Å². The minimum atomic E-state index is -4.67. The molecule has 6 nitrogen and oxygen atoms in total. The van der Waals surface area contributed by atoms with Crippen LogP contribution in [0.15, 0.2) is 48.7 Å². The van der Waals surface area contributed by atoms with Gasteiger partial charge in [-0.25, -0.2) is 9.78 Å². The second-order valence-electron chi connectivity index (χ2n) is 8.82. The molecule has 1 amide bonds. The second-order valence-corrected chi connectivity index (χ2v) is 9.89. The summed E-state index contributed by atoms with van der Waals surface area (Å²) in [6.07, 6.45) is -7.45. The zero-order chi connectivity index (χ0) is 28.2. The monoisotopic (exact) mass is 574 g/mol. The molecule has 2 aromatic carbocycles. The Bertz CT molecular complexity index is 1280. The summed E-state index contributed by atoms with van der Waals surface area (Å²) < 4.78 is 90.2. The van der Waals surface area contributed by atoms with Crippen molar-refractivity contribution in [2.75, 3.05) is 19.8 Å². The summed E-state index contributed by atoms with van der Waals surface area (Å²) in [6.45, 7) is 0.420. The van der Waals surface area contributed by atoms with Crippen LogP contribution in [0.3, 0.4) is 0 Å². The van der Waals surface area contributed by atoms with E-state index in [2.05, 4.69) is 4.98 Å². The lowest BCUT2D eigenvalue weighted by molar-refractivity contribution is -0.139. The van der Waals surface area contributed by atoms with Crippen LogP contribution >= 0.6 is 11.3 Å². The smallest absolute Gasteiger partial charge is 0.419 e. The number of carboxylic acid groups (broad SMARTS) is 1. The second kappa shape index (κ2) is 11.8. The van der Waals surface area contributed by atoms with E-state index in [1.165, 1.54) is 30.5 Å². The van der Waals surface area contributed by atoms with E-state index in [9.17, 15) is 36.2 Å². The number of hydrogen-bond donors (Lipinski definition) is 1. The summed E-state index contributed by atoms with van der Waals surface area (Å²) in [4.78, 5) is 17.0. The van der Waals surface area contributed by atoms with Gasteiger partial charge in [0.2, 0.25) is 0 Å². The Hall–Kier alpha value is -3.32. The largest absolute Gasteiger partial charge is 0.493 e. The third-order valence-corrected chi connectivity index (χ3v) is 7.17. The lowest BCUT2D eigenvalue weighted by atomic mass is 10.1. The number of nitrogens with zero attached hydrogens (tertiary/aromatic N) is 2. The summed E-state index contributed by atoms with van der Waals surface area (Å²) in [6, 6.07) is 8.60. The zero-order valence-electron chi connectivity index (χ0n) is 20.4. The molecule has 1 unspecified atom stereocenters. The minimum absolute atomic E-state index is 0.0458. The van der Waals surface area contributed by atoms with Crippen molar-refractivity contribution in [2.45, 2.75) is 44.3 Å². The van der Waals surface area contributed by atoms with Crippen molar-refractivity contribution >= 4 is 17.4 Å². The van der Waals surface area contributed by atoms with Crippen LogP contribution in [0.4, 0.5) is 31.1 Å². The molecule has 1 aromatic heterocycles. The molecule has 0 spiro atoms. The molecular formula is C26H24F6N2O4S. The van der Waals surface area contributed by atoms with Gasteiger partial charge < -0.3 is 14.6 Å². The number of amides is 1. The number of alkyl halides is 6. The Morgan fingerprint density at radius 2 is 1.79 bits per heavy atom. The van der Waals surface area contributed by atoms with E-state index in [0.717, 1.165) is 40.0 Å². The van der Waals surface area contributed by atoms with Crippen LogP contribution in [-0.2, 0) is 23.5 Å². The highest BCUT2D eigenvalue weighted by Crippen LogP contribution is 2.41. The quantitative estimate of drug-likeness (QED) is 0.210. The molecule has 0 bridgehead atoms. The standard InChI is InChI=1S/C26H24F6N2O4S/c27-25(28,29)18-8-5-16(6-9-18)4-2-1-3-12-37-20-10-7-17(14-19(20)26(30,31)32)21-15-33-22(39-21)23-34(24(35)36)11-13-38-23/h5-10,14-15,23H,1-4,11-13H2,(H,35,36). The molecule has 1 fully saturated rings. The first-order valence-corrected chi connectivity index (χ1v) is 12.8. The Morgan fingerprint density at radius 1 is 1.05 bits per heavy atom. The van der Waals surface area contributed by atoms with E-state index in [1.54, 1.807) is 0 Å². The van der Waals surface area contributed by atoms with Crippen molar-refractivity contribution in [1.82, 2.24) is 9.88 Å². The fourth-order valence-corrected chi connectivity index (χ4v) is 5.06. The van der Waals surface area contributed by atoms with E-state index in [1.807, 2.05) is 0 Å². The minimum Gasteiger partial charge on any atom is -0.493 e. The van der Waals surface area contributed by atoms with Gasteiger partial charge in [-0.15, -0.1) is 11.3 Å². The molecule has 13 heteroatoms. The van der Waals surface area contributed by atoms with Crippen LogP contribution in [0.2, 0.25) is 0 Å². The van der Waals surface area contributed by atoms with Crippen molar-refractivity contribution in [3.8, 4) is 16.2 Å². The number of halogens is 6. The molecule has 3 aromatic rings. The number of unbranched alkanes of at least 4 members (excludes halogenated alkanes) is 2. The van der Waals surface area contributed by atoms with E-state index in [-0.39, 0.29) is 31.1 Å². The number of thiazole rings is 1. The molecule has 1 aliphatic heterocycles. The van der Waals surface area contributed by atoms with Gasteiger partial charge in [0, 0.05) is 6.20 Å². The third-order valence-electron chi connectivity index (χ3n) is 6.09. The Kier molecular flexibility index (Phi) is 8.70. The van der Waals surface area contributed by atoms with E-state index < -0.39 is 35.8 Å². The molecule has 1 atom stereocenters. The molecular weight excluding hydrogens is 550 g/mol. The van der Waals surface area contributed by atoms with Gasteiger partial charge in [-0.05, 0) is 67.1 Å². The van der Waals surface area contributed by atoms with Crippen molar-refractivity contribution in [3.05, 3.63) is 70.4 Å². The average molecular weight is 575 g/mol. The Morgan fingerprint density at radius 3 is 2.46 bits per heavy atom. The maximum Gasteiger partial charge on any atom is 0.419 e. The lowest BCUT2D eigenvalue weighted by Gasteiger charge is -2.17. The molecule has 0 aliphatic carbocycles. The van der Waals surface area contributed by atoms with Gasteiger partial charge in [-0.2, -0.15) is 26.3 Å². The number of rotatable bonds is 9. The molecule has 2 heterocycles. The predicted octanol–water partition coefficient (Wildman–Crippen LogP) is 7.65. The molecule has 39 heavy (non-hydrogen) atoms. The summed E-state index contributed by atoms with van der Waals surface area (Å²) in [5, 5.41) is 9.61. The predicted molar refractivity (Wildman–Crippen MR) is 130 cm³/mol. The maximum atomic E-state index is 13.8. The highest BCUT2D eigenvalue weighted by atomic mass is 32.1. The van der Waals surface area contributed by atoms with Crippen LogP contribution in [0.1, 0.15) is 47.2 Å². The Balaban J connectivity index is 1.33. The van der Waals surface area contributed by atoms with Gasteiger partial charge in [0.25, 0.3) is 0 Å².